The van der Waals surface area contributed by atoms with Gasteiger partial charge in [0, 0.05) is 26.0 Å². The zero-order chi connectivity index (χ0) is 12.1. The first-order valence-corrected chi connectivity index (χ1v) is 6.16. The van der Waals surface area contributed by atoms with E-state index in [9.17, 15) is 0 Å². The highest BCUT2D eigenvalue weighted by atomic mass is 15.2. The molecule has 0 saturated heterocycles. The quantitative estimate of drug-likeness (QED) is 0.774. The zero-order valence-corrected chi connectivity index (χ0v) is 10.3. The van der Waals surface area contributed by atoms with Crippen LogP contribution in [0.2, 0.25) is 0 Å². The van der Waals surface area contributed by atoms with Gasteiger partial charge in [-0.25, -0.2) is 4.98 Å². The predicted molar refractivity (Wildman–Crippen MR) is 71.4 cm³/mol. The van der Waals surface area contributed by atoms with E-state index in [0.717, 1.165) is 25.2 Å². The van der Waals surface area contributed by atoms with Crippen molar-refractivity contribution in [1.29, 1.82) is 0 Å². The van der Waals surface area contributed by atoms with E-state index in [1.54, 1.807) is 0 Å². The van der Waals surface area contributed by atoms with Gasteiger partial charge in [-0.1, -0.05) is 12.5 Å². The van der Waals surface area contributed by atoms with Crippen LogP contribution in [-0.2, 0) is 0 Å². The van der Waals surface area contributed by atoms with Crippen LogP contribution in [0.4, 0.5) is 5.82 Å². The summed E-state index contributed by atoms with van der Waals surface area (Å²) in [4.78, 5) is 6.56. The maximum atomic E-state index is 5.49. The summed E-state index contributed by atoms with van der Waals surface area (Å²) in [5, 5.41) is 0. The molecule has 0 saturated carbocycles. The first-order valence-electron chi connectivity index (χ1n) is 6.16. The number of rotatable bonds is 6. The summed E-state index contributed by atoms with van der Waals surface area (Å²) in [6.45, 7) is 1.85. The normalized spacial score (nSPS) is 10.9. The van der Waals surface area contributed by atoms with Gasteiger partial charge >= 0.3 is 0 Å². The molecule has 0 bridgehead atoms. The fourth-order valence-electron chi connectivity index (χ4n) is 2.03. The van der Waals surface area contributed by atoms with E-state index in [1.807, 2.05) is 24.5 Å². The van der Waals surface area contributed by atoms with Gasteiger partial charge in [0.05, 0.1) is 0 Å². The van der Waals surface area contributed by atoms with Crippen LogP contribution < -0.4 is 10.6 Å². The minimum Gasteiger partial charge on any atom is -0.361 e. The van der Waals surface area contributed by atoms with E-state index in [-0.39, 0.29) is 0 Å². The number of hydrogen-bond acceptors (Lipinski definition) is 3. The summed E-state index contributed by atoms with van der Waals surface area (Å²) in [7, 11) is 2.12. The number of imidazole rings is 1. The number of nitrogens with two attached hydrogens (primary N) is 1. The molecule has 2 aromatic heterocycles. The van der Waals surface area contributed by atoms with Crippen LogP contribution >= 0.6 is 0 Å². The van der Waals surface area contributed by atoms with E-state index in [4.69, 9.17) is 5.73 Å². The monoisotopic (exact) mass is 232 g/mol. The average molecular weight is 232 g/mol. The largest absolute Gasteiger partial charge is 0.361 e. The van der Waals surface area contributed by atoms with Gasteiger partial charge < -0.3 is 10.6 Å². The van der Waals surface area contributed by atoms with Crippen molar-refractivity contribution in [2.45, 2.75) is 19.3 Å². The maximum Gasteiger partial charge on any atom is 0.138 e. The lowest BCUT2D eigenvalue weighted by molar-refractivity contribution is 0.675. The van der Waals surface area contributed by atoms with E-state index < -0.39 is 0 Å². The van der Waals surface area contributed by atoms with Gasteiger partial charge in [-0.15, -0.1) is 0 Å². The molecule has 0 aromatic carbocycles. The molecule has 0 aliphatic rings. The molecule has 17 heavy (non-hydrogen) atoms. The Hall–Kier alpha value is -1.55. The van der Waals surface area contributed by atoms with Crippen molar-refractivity contribution < 1.29 is 0 Å². The summed E-state index contributed by atoms with van der Waals surface area (Å²) in [5.41, 5.74) is 6.49. The number of hydrogen-bond donors (Lipinski definition) is 1. The van der Waals surface area contributed by atoms with Gasteiger partial charge in [-0.05, 0) is 31.5 Å². The summed E-state index contributed by atoms with van der Waals surface area (Å²) in [6.07, 6.45) is 7.32. The minimum atomic E-state index is 0.792. The smallest absolute Gasteiger partial charge is 0.138 e. The van der Waals surface area contributed by atoms with E-state index >= 15 is 0 Å². The molecule has 92 valence electrons. The van der Waals surface area contributed by atoms with Crippen LogP contribution in [0.3, 0.4) is 0 Å². The second-order valence-corrected chi connectivity index (χ2v) is 4.31. The summed E-state index contributed by atoms with van der Waals surface area (Å²) >= 11 is 0. The first-order chi connectivity index (χ1) is 8.33. The molecule has 0 spiro atoms. The van der Waals surface area contributed by atoms with Crippen molar-refractivity contribution in [3.05, 3.63) is 30.6 Å². The topological polar surface area (TPSA) is 46.6 Å². The van der Waals surface area contributed by atoms with Crippen LogP contribution in [0.1, 0.15) is 19.3 Å². The minimum absolute atomic E-state index is 0.792. The van der Waals surface area contributed by atoms with E-state index in [2.05, 4.69) is 27.4 Å². The highest BCUT2D eigenvalue weighted by Gasteiger charge is 2.05. The van der Waals surface area contributed by atoms with Crippen LogP contribution in [0, 0.1) is 0 Å². The Morgan fingerprint density at radius 3 is 3.00 bits per heavy atom. The molecule has 2 heterocycles. The Bertz CT molecular complexity index is 463. The third kappa shape index (κ3) is 2.77. The molecule has 0 fully saturated rings. The van der Waals surface area contributed by atoms with Crippen molar-refractivity contribution in [3.8, 4) is 0 Å². The lowest BCUT2D eigenvalue weighted by Gasteiger charge is -2.20. The number of pyridine rings is 1. The van der Waals surface area contributed by atoms with Crippen LogP contribution in [0.25, 0.3) is 5.65 Å². The standard InChI is InChI=1S/C13H20N4/c1-16(10-4-2-3-8-14)13-7-5-6-12-15-9-11-17(12)13/h5-7,9,11H,2-4,8,10,14H2,1H3. The lowest BCUT2D eigenvalue weighted by atomic mass is 10.2. The Morgan fingerprint density at radius 1 is 1.29 bits per heavy atom. The van der Waals surface area contributed by atoms with Crippen LogP contribution in [-0.4, -0.2) is 29.5 Å². The fourth-order valence-corrected chi connectivity index (χ4v) is 2.03. The summed E-state index contributed by atoms with van der Waals surface area (Å²) in [5.74, 6) is 1.19. The van der Waals surface area contributed by atoms with Crippen molar-refractivity contribution in [2.75, 3.05) is 25.0 Å². The fraction of sp³-hybridized carbons (Fsp3) is 0.462. The molecule has 2 N–H and O–H groups in total. The Kier molecular flexibility index (Phi) is 3.98. The van der Waals surface area contributed by atoms with Crippen molar-refractivity contribution in [2.24, 2.45) is 5.73 Å². The van der Waals surface area contributed by atoms with E-state index in [1.165, 1.54) is 18.7 Å². The average Bonchev–Trinajstić information content (AvgIpc) is 2.82. The molecular weight excluding hydrogens is 212 g/mol. The SMILES string of the molecule is CN(CCCCCN)c1cccc2nccn12. The molecule has 0 atom stereocenters. The van der Waals surface area contributed by atoms with Gasteiger partial charge in [0.1, 0.15) is 11.5 Å². The predicted octanol–water partition coefficient (Wildman–Crippen LogP) is 1.90. The van der Waals surface area contributed by atoms with Gasteiger partial charge in [0.15, 0.2) is 0 Å². The number of unbranched alkanes of at least 4 members (excludes halogenated alkanes) is 2. The van der Waals surface area contributed by atoms with Gasteiger partial charge in [0.25, 0.3) is 0 Å². The number of aromatic nitrogens is 2. The molecule has 0 unspecified atom stereocenters. The van der Waals surface area contributed by atoms with Crippen LogP contribution in [0.5, 0.6) is 0 Å². The molecule has 0 amide bonds. The zero-order valence-electron chi connectivity index (χ0n) is 10.3. The molecule has 0 aliphatic carbocycles. The molecule has 0 radical (unpaired) electrons. The first kappa shape index (κ1) is 11.9. The molecule has 2 aromatic rings. The van der Waals surface area contributed by atoms with E-state index in [0.29, 0.717) is 0 Å². The van der Waals surface area contributed by atoms with Crippen molar-refractivity contribution in [1.82, 2.24) is 9.38 Å². The Balaban J connectivity index is 2.03. The maximum absolute atomic E-state index is 5.49. The Labute approximate surface area is 102 Å². The summed E-state index contributed by atoms with van der Waals surface area (Å²) < 4.78 is 2.11. The highest BCUT2D eigenvalue weighted by molar-refractivity contribution is 5.50. The van der Waals surface area contributed by atoms with Crippen LogP contribution in [0.15, 0.2) is 30.6 Å². The molecule has 0 aliphatic heterocycles. The highest BCUT2D eigenvalue weighted by Crippen LogP contribution is 2.15. The third-order valence-corrected chi connectivity index (χ3v) is 3.00. The molecular formula is C13H20N4. The van der Waals surface area contributed by atoms with Gasteiger partial charge in [0.2, 0.25) is 0 Å². The number of anilines is 1. The molecule has 2 rings (SSSR count). The third-order valence-electron chi connectivity index (χ3n) is 3.00. The number of nitrogens with zero attached hydrogens (tertiary/aromatic N) is 3. The summed E-state index contributed by atoms with van der Waals surface area (Å²) in [6, 6.07) is 6.19. The number of fused-ring (bicyclic) bond motifs is 1. The second-order valence-electron chi connectivity index (χ2n) is 4.31. The Morgan fingerprint density at radius 2 is 2.18 bits per heavy atom. The lowest BCUT2D eigenvalue weighted by Crippen LogP contribution is -2.21. The van der Waals surface area contributed by atoms with Gasteiger partial charge in [-0.3, -0.25) is 4.40 Å². The van der Waals surface area contributed by atoms with Crippen molar-refractivity contribution >= 4 is 11.5 Å². The molecule has 4 nitrogen and oxygen atoms in total. The van der Waals surface area contributed by atoms with Crippen molar-refractivity contribution in [3.63, 3.8) is 0 Å². The second kappa shape index (κ2) is 5.68. The van der Waals surface area contributed by atoms with Gasteiger partial charge in [-0.2, -0.15) is 0 Å². The molecule has 4 heteroatoms.